The Morgan fingerprint density at radius 2 is 2.38 bits per heavy atom. The van der Waals surface area contributed by atoms with Crippen LogP contribution in [0.1, 0.15) is 29.9 Å². The van der Waals surface area contributed by atoms with Crippen molar-refractivity contribution >= 4 is 28.8 Å². The minimum Gasteiger partial charge on any atom is -0.392 e. The van der Waals surface area contributed by atoms with Crippen molar-refractivity contribution in [2.45, 2.75) is 32.4 Å². The minimum absolute atomic E-state index is 0.0215. The first kappa shape index (κ1) is 11.9. The quantitative estimate of drug-likeness (QED) is 0.856. The van der Waals surface area contributed by atoms with Crippen LogP contribution in [-0.2, 0) is 0 Å². The van der Waals surface area contributed by atoms with Gasteiger partial charge in [-0.2, -0.15) is 0 Å². The highest BCUT2D eigenvalue weighted by atomic mass is 35.5. The lowest BCUT2D eigenvalue weighted by molar-refractivity contribution is -0.0689. The molecule has 88 valence electrons. The molecule has 16 heavy (non-hydrogen) atoms. The molecule has 1 aliphatic carbocycles. The molecule has 0 aliphatic heterocycles. The van der Waals surface area contributed by atoms with Crippen LogP contribution in [0.25, 0.3) is 0 Å². The van der Waals surface area contributed by atoms with Gasteiger partial charge in [0.2, 0.25) is 0 Å². The van der Waals surface area contributed by atoms with Gasteiger partial charge in [0.25, 0.3) is 5.91 Å². The summed E-state index contributed by atoms with van der Waals surface area (Å²) in [6, 6.07) is 1.73. The molecule has 2 atom stereocenters. The zero-order valence-electron chi connectivity index (χ0n) is 9.16. The van der Waals surface area contributed by atoms with Crippen LogP contribution in [0.5, 0.6) is 0 Å². The Morgan fingerprint density at radius 1 is 1.69 bits per heavy atom. The molecule has 1 aromatic heterocycles. The second-order valence-corrected chi connectivity index (χ2v) is 6.02. The molecule has 1 heterocycles. The van der Waals surface area contributed by atoms with E-state index >= 15 is 0 Å². The molecule has 0 aromatic carbocycles. The van der Waals surface area contributed by atoms with Crippen LogP contribution in [-0.4, -0.2) is 23.2 Å². The van der Waals surface area contributed by atoms with Gasteiger partial charge in [0.15, 0.2) is 0 Å². The third-order valence-electron chi connectivity index (χ3n) is 3.34. The average Bonchev–Trinajstić information content (AvgIpc) is 2.64. The molecule has 0 radical (unpaired) electrons. The molecular formula is C11H14ClNO2S. The lowest BCUT2D eigenvalue weighted by atomic mass is 9.64. The molecular weight excluding hydrogens is 246 g/mol. The van der Waals surface area contributed by atoms with Crippen LogP contribution >= 0.6 is 22.9 Å². The van der Waals surface area contributed by atoms with Crippen LogP contribution < -0.4 is 5.32 Å². The van der Waals surface area contributed by atoms with E-state index in [1.807, 2.05) is 13.8 Å². The lowest BCUT2D eigenvalue weighted by Crippen LogP contribution is -2.61. The molecule has 1 saturated carbocycles. The number of hydrogen-bond donors (Lipinski definition) is 2. The number of thiophene rings is 1. The molecule has 2 rings (SSSR count). The first-order chi connectivity index (χ1) is 7.43. The topological polar surface area (TPSA) is 49.3 Å². The highest BCUT2D eigenvalue weighted by Crippen LogP contribution is 2.40. The number of nitrogens with one attached hydrogen (secondary N) is 1. The summed E-state index contributed by atoms with van der Waals surface area (Å²) < 4.78 is 0. The number of carbonyl (C=O) groups is 1. The van der Waals surface area contributed by atoms with Gasteiger partial charge in [-0.05, 0) is 17.9 Å². The molecule has 0 spiro atoms. The molecule has 2 N–H and O–H groups in total. The van der Waals surface area contributed by atoms with E-state index in [0.717, 1.165) is 0 Å². The first-order valence-electron chi connectivity index (χ1n) is 5.15. The maximum atomic E-state index is 11.9. The molecule has 2 unspecified atom stereocenters. The van der Waals surface area contributed by atoms with E-state index in [4.69, 9.17) is 11.6 Å². The molecule has 1 fully saturated rings. The number of aliphatic hydroxyl groups is 1. The highest BCUT2D eigenvalue weighted by molar-refractivity contribution is 7.12. The predicted molar refractivity (Wildman–Crippen MR) is 65.0 cm³/mol. The number of halogens is 1. The predicted octanol–water partition coefficient (Wildman–Crippen LogP) is 2.29. The lowest BCUT2D eigenvalue weighted by Gasteiger charge is -2.49. The van der Waals surface area contributed by atoms with Gasteiger partial charge < -0.3 is 10.4 Å². The number of aliphatic hydroxyl groups excluding tert-OH is 1. The minimum atomic E-state index is -0.336. The van der Waals surface area contributed by atoms with Crippen LogP contribution in [0.2, 0.25) is 5.02 Å². The molecule has 5 heteroatoms. The Hall–Kier alpha value is -0.580. The molecule has 0 bridgehead atoms. The smallest absolute Gasteiger partial charge is 0.263 e. The van der Waals surface area contributed by atoms with Gasteiger partial charge in [0.1, 0.15) is 4.88 Å². The zero-order valence-corrected chi connectivity index (χ0v) is 10.7. The summed E-state index contributed by atoms with van der Waals surface area (Å²) in [5.74, 6) is -0.148. The third kappa shape index (κ3) is 1.85. The van der Waals surface area contributed by atoms with Gasteiger partial charge >= 0.3 is 0 Å². The monoisotopic (exact) mass is 259 g/mol. The van der Waals surface area contributed by atoms with E-state index in [9.17, 15) is 9.90 Å². The summed E-state index contributed by atoms with van der Waals surface area (Å²) in [4.78, 5) is 12.4. The largest absolute Gasteiger partial charge is 0.392 e. The third-order valence-corrected chi connectivity index (χ3v) is 4.68. The Labute approximate surface area is 103 Å². The van der Waals surface area contributed by atoms with Crippen molar-refractivity contribution < 1.29 is 9.90 Å². The Kier molecular flexibility index (Phi) is 2.99. The van der Waals surface area contributed by atoms with Crippen molar-refractivity contribution in [1.29, 1.82) is 0 Å². The second kappa shape index (κ2) is 4.02. The fourth-order valence-corrected chi connectivity index (χ4v) is 2.87. The van der Waals surface area contributed by atoms with Gasteiger partial charge in [-0.1, -0.05) is 25.4 Å². The summed E-state index contributed by atoms with van der Waals surface area (Å²) in [7, 11) is 0. The Bertz CT molecular complexity index is 416. The molecule has 3 nitrogen and oxygen atoms in total. The summed E-state index contributed by atoms with van der Waals surface area (Å²) >= 11 is 7.21. The first-order valence-corrected chi connectivity index (χ1v) is 6.40. The number of amides is 1. The Balaban J connectivity index is 2.02. The van der Waals surface area contributed by atoms with Gasteiger partial charge in [0, 0.05) is 11.5 Å². The van der Waals surface area contributed by atoms with Crippen molar-refractivity contribution in [2.75, 3.05) is 0 Å². The summed E-state index contributed by atoms with van der Waals surface area (Å²) in [6.07, 6.45) is 0.276. The van der Waals surface area contributed by atoms with E-state index in [2.05, 4.69) is 5.32 Å². The van der Waals surface area contributed by atoms with Crippen LogP contribution in [0.3, 0.4) is 0 Å². The van der Waals surface area contributed by atoms with Gasteiger partial charge in [-0.25, -0.2) is 0 Å². The fourth-order valence-electron chi connectivity index (χ4n) is 1.83. The zero-order chi connectivity index (χ0) is 11.9. The normalized spacial score (nSPS) is 27.2. The SMILES string of the molecule is CC1(C)C(O)CC1NC(=O)c1sccc1Cl. The summed E-state index contributed by atoms with van der Waals surface area (Å²) in [5, 5.41) is 14.8. The molecule has 0 saturated heterocycles. The maximum absolute atomic E-state index is 11.9. The van der Waals surface area contributed by atoms with Crippen LogP contribution in [0.15, 0.2) is 11.4 Å². The average molecular weight is 260 g/mol. The maximum Gasteiger partial charge on any atom is 0.263 e. The van der Waals surface area contributed by atoms with E-state index < -0.39 is 0 Å². The van der Waals surface area contributed by atoms with Gasteiger partial charge in [-0.15, -0.1) is 11.3 Å². The van der Waals surface area contributed by atoms with E-state index in [-0.39, 0.29) is 23.5 Å². The summed E-state index contributed by atoms with van der Waals surface area (Å²) in [5.41, 5.74) is -0.251. The van der Waals surface area contributed by atoms with Crippen LogP contribution in [0, 0.1) is 5.41 Å². The molecule has 1 amide bonds. The van der Waals surface area contributed by atoms with Crippen molar-refractivity contribution in [2.24, 2.45) is 5.41 Å². The van der Waals surface area contributed by atoms with Gasteiger partial charge in [-0.3, -0.25) is 4.79 Å². The molecule has 1 aromatic rings. The van der Waals surface area contributed by atoms with Crippen molar-refractivity contribution in [3.05, 3.63) is 21.3 Å². The number of rotatable bonds is 2. The second-order valence-electron chi connectivity index (χ2n) is 4.70. The van der Waals surface area contributed by atoms with Crippen molar-refractivity contribution in [3.8, 4) is 0 Å². The van der Waals surface area contributed by atoms with E-state index in [1.54, 1.807) is 11.4 Å². The molecule has 1 aliphatic rings. The van der Waals surface area contributed by atoms with E-state index in [0.29, 0.717) is 16.3 Å². The van der Waals surface area contributed by atoms with Crippen molar-refractivity contribution in [1.82, 2.24) is 5.32 Å². The van der Waals surface area contributed by atoms with E-state index in [1.165, 1.54) is 11.3 Å². The fraction of sp³-hybridized carbons (Fsp3) is 0.545. The number of carbonyl (C=O) groups excluding carboxylic acids is 1. The number of hydrogen-bond acceptors (Lipinski definition) is 3. The van der Waals surface area contributed by atoms with Crippen molar-refractivity contribution in [3.63, 3.8) is 0 Å². The summed E-state index contributed by atoms with van der Waals surface area (Å²) in [6.45, 7) is 3.89. The Morgan fingerprint density at radius 3 is 2.81 bits per heavy atom. The standard InChI is InChI=1S/C11H14ClNO2S/c1-11(2)7(5-8(11)14)13-10(15)9-6(12)3-4-16-9/h3-4,7-8,14H,5H2,1-2H3,(H,13,15). The van der Waals surface area contributed by atoms with Crippen LogP contribution in [0.4, 0.5) is 0 Å². The highest BCUT2D eigenvalue weighted by Gasteiger charge is 2.48. The van der Waals surface area contributed by atoms with Gasteiger partial charge in [0.05, 0.1) is 11.1 Å².